The molecule has 0 saturated heterocycles. The van der Waals surface area contributed by atoms with Crippen molar-refractivity contribution in [3.8, 4) is 0 Å². The van der Waals surface area contributed by atoms with Crippen LogP contribution < -0.4 is 0 Å². The molecule has 2 heteroatoms. The number of carbonyl (C=O) groups excluding carboxylic acids is 1. The Morgan fingerprint density at radius 2 is 1.83 bits per heavy atom. The lowest BCUT2D eigenvalue weighted by molar-refractivity contribution is -0.115. The molecule has 1 aromatic rings. The number of aryl methyl sites for hydroxylation is 1. The molecule has 0 aliphatic rings. The quantitative estimate of drug-likeness (QED) is 0.651. The highest BCUT2D eigenvalue weighted by atomic mass is 19.1. The molecule has 0 amide bonds. The molecule has 1 rings (SSSR count). The van der Waals surface area contributed by atoms with Crippen LogP contribution in [-0.2, 0) is 11.2 Å². The van der Waals surface area contributed by atoms with Crippen LogP contribution in [0.5, 0.6) is 0 Å². The molecule has 0 bridgehead atoms. The smallest absolute Gasteiger partial charge is 0.158 e. The summed E-state index contributed by atoms with van der Waals surface area (Å²) >= 11 is 0. The maximum atomic E-state index is 12.7. The topological polar surface area (TPSA) is 17.1 Å². The summed E-state index contributed by atoms with van der Waals surface area (Å²) in [6, 6.07) is 6.36. The van der Waals surface area contributed by atoms with Crippen LogP contribution in [0.1, 0.15) is 45.1 Å². The molecule has 0 unspecified atom stereocenters. The lowest BCUT2D eigenvalue weighted by Gasteiger charge is -2.05. The summed E-state index contributed by atoms with van der Waals surface area (Å²) in [4.78, 5) is 12.0. The maximum absolute atomic E-state index is 12.7. The van der Waals surface area contributed by atoms with Gasteiger partial charge in [0.2, 0.25) is 0 Å². The van der Waals surface area contributed by atoms with Gasteiger partial charge in [-0.3, -0.25) is 4.79 Å². The molecule has 1 aromatic carbocycles. The van der Waals surface area contributed by atoms with E-state index in [1.54, 1.807) is 12.1 Å². The lowest BCUT2D eigenvalue weighted by Crippen LogP contribution is -2.04. The molecule has 1 nitrogen and oxygen atoms in total. The van der Waals surface area contributed by atoms with Crippen molar-refractivity contribution < 1.29 is 9.18 Å². The van der Waals surface area contributed by atoms with Gasteiger partial charge in [-0.1, -0.05) is 38.5 Å². The van der Waals surface area contributed by atoms with Crippen LogP contribution in [0.25, 0.3) is 0 Å². The zero-order valence-corrected chi connectivity index (χ0v) is 11.2. The Morgan fingerprint density at radius 1 is 1.17 bits per heavy atom. The van der Waals surface area contributed by atoms with Crippen molar-refractivity contribution in [3.05, 3.63) is 47.3 Å². The molecule has 0 fully saturated rings. The fourth-order valence-corrected chi connectivity index (χ4v) is 1.94. The number of hydrogen-bond acceptors (Lipinski definition) is 1. The van der Waals surface area contributed by atoms with E-state index >= 15 is 0 Å². The van der Waals surface area contributed by atoms with E-state index in [2.05, 4.69) is 6.92 Å². The first-order chi connectivity index (χ1) is 8.67. The zero-order valence-electron chi connectivity index (χ0n) is 11.2. The van der Waals surface area contributed by atoms with Gasteiger partial charge in [0.25, 0.3) is 0 Å². The third-order valence-electron chi connectivity index (χ3n) is 2.88. The fourth-order valence-electron chi connectivity index (χ4n) is 1.94. The highest BCUT2D eigenvalue weighted by molar-refractivity contribution is 5.95. The van der Waals surface area contributed by atoms with Crippen LogP contribution in [0.3, 0.4) is 0 Å². The molecule has 0 heterocycles. The molecule has 0 aromatic heterocycles. The van der Waals surface area contributed by atoms with Crippen LogP contribution in [0.2, 0.25) is 0 Å². The van der Waals surface area contributed by atoms with Crippen LogP contribution in [0, 0.1) is 5.82 Å². The van der Waals surface area contributed by atoms with Crippen molar-refractivity contribution in [2.75, 3.05) is 0 Å². The van der Waals surface area contributed by atoms with Gasteiger partial charge in [-0.25, -0.2) is 4.39 Å². The van der Waals surface area contributed by atoms with Crippen molar-refractivity contribution >= 4 is 5.78 Å². The van der Waals surface area contributed by atoms with Gasteiger partial charge in [0.15, 0.2) is 5.78 Å². The molecular formula is C16H21FO. The molecule has 0 saturated carbocycles. The summed E-state index contributed by atoms with van der Waals surface area (Å²) in [6.45, 7) is 4.12. The first kappa shape index (κ1) is 14.6. The highest BCUT2D eigenvalue weighted by Gasteiger charge is 2.08. The van der Waals surface area contributed by atoms with Crippen molar-refractivity contribution in [1.82, 2.24) is 0 Å². The maximum Gasteiger partial charge on any atom is 0.158 e. The van der Waals surface area contributed by atoms with E-state index < -0.39 is 0 Å². The Labute approximate surface area is 109 Å². The van der Waals surface area contributed by atoms with Gasteiger partial charge in [0.05, 0.1) is 0 Å². The lowest BCUT2D eigenvalue weighted by atomic mass is 9.99. The summed E-state index contributed by atoms with van der Waals surface area (Å²) in [7, 11) is 0. The minimum Gasteiger partial charge on any atom is -0.295 e. The van der Waals surface area contributed by atoms with E-state index in [4.69, 9.17) is 0 Å². The molecule has 98 valence electrons. The molecule has 0 N–H and O–H groups in total. The Kier molecular flexibility index (Phi) is 6.34. The standard InChI is InChI=1S/C16H21FO/c1-3-5-14(6-4-2)16(18)12-9-13-7-10-15(17)11-8-13/h5,7-8,10-11H,3-4,6,9,12H2,1-2H3/b14-5+. The molecule has 0 atom stereocenters. The number of carbonyl (C=O) groups is 1. The van der Waals surface area contributed by atoms with Crippen LogP contribution >= 0.6 is 0 Å². The van der Waals surface area contributed by atoms with Crippen LogP contribution in [0.4, 0.5) is 4.39 Å². The zero-order chi connectivity index (χ0) is 13.4. The predicted molar refractivity (Wildman–Crippen MR) is 73.0 cm³/mol. The van der Waals surface area contributed by atoms with Gasteiger partial charge in [-0.15, -0.1) is 0 Å². The number of rotatable bonds is 7. The van der Waals surface area contributed by atoms with Gasteiger partial charge in [0, 0.05) is 6.42 Å². The number of Topliss-reactive ketones (excluding diaryl/α,β-unsaturated/α-hetero) is 1. The van der Waals surface area contributed by atoms with E-state index in [0.717, 1.165) is 30.4 Å². The second-order valence-electron chi connectivity index (χ2n) is 4.44. The summed E-state index contributed by atoms with van der Waals surface area (Å²) in [6.07, 6.45) is 5.97. The summed E-state index contributed by atoms with van der Waals surface area (Å²) in [5, 5.41) is 0. The van der Waals surface area contributed by atoms with Crippen molar-refractivity contribution in [1.29, 1.82) is 0 Å². The van der Waals surface area contributed by atoms with E-state index in [1.807, 2.05) is 13.0 Å². The molecule has 0 spiro atoms. The minimum atomic E-state index is -0.234. The van der Waals surface area contributed by atoms with Crippen molar-refractivity contribution in [2.45, 2.75) is 46.0 Å². The Hall–Kier alpha value is -1.44. The van der Waals surface area contributed by atoms with E-state index in [0.29, 0.717) is 12.8 Å². The third kappa shape index (κ3) is 4.82. The SMILES string of the molecule is CC/C=C(\CCC)C(=O)CCc1ccc(F)cc1. The Balaban J connectivity index is 2.54. The predicted octanol–water partition coefficient (Wildman–Crippen LogP) is 4.46. The number of benzene rings is 1. The largest absolute Gasteiger partial charge is 0.295 e. The number of ketones is 1. The number of allylic oxidation sites excluding steroid dienone is 2. The van der Waals surface area contributed by atoms with Crippen LogP contribution in [0.15, 0.2) is 35.9 Å². The Bertz CT molecular complexity index is 404. The molecule has 0 radical (unpaired) electrons. The van der Waals surface area contributed by atoms with Crippen LogP contribution in [-0.4, -0.2) is 5.78 Å². The first-order valence-corrected chi connectivity index (χ1v) is 6.64. The second-order valence-corrected chi connectivity index (χ2v) is 4.44. The van der Waals surface area contributed by atoms with Gasteiger partial charge in [-0.05, 0) is 42.5 Å². The van der Waals surface area contributed by atoms with Gasteiger partial charge < -0.3 is 0 Å². The average Bonchev–Trinajstić information content (AvgIpc) is 2.37. The third-order valence-corrected chi connectivity index (χ3v) is 2.88. The average molecular weight is 248 g/mol. The summed E-state index contributed by atoms with van der Waals surface area (Å²) in [5.74, 6) is -0.00866. The van der Waals surface area contributed by atoms with E-state index in [9.17, 15) is 9.18 Å². The van der Waals surface area contributed by atoms with Crippen molar-refractivity contribution in [2.24, 2.45) is 0 Å². The first-order valence-electron chi connectivity index (χ1n) is 6.64. The van der Waals surface area contributed by atoms with Crippen molar-refractivity contribution in [3.63, 3.8) is 0 Å². The van der Waals surface area contributed by atoms with E-state index in [-0.39, 0.29) is 11.6 Å². The fraction of sp³-hybridized carbons (Fsp3) is 0.438. The van der Waals surface area contributed by atoms with Gasteiger partial charge in [-0.2, -0.15) is 0 Å². The monoisotopic (exact) mass is 248 g/mol. The second kappa shape index (κ2) is 7.80. The molecule has 0 aliphatic carbocycles. The molecular weight excluding hydrogens is 227 g/mol. The summed E-state index contributed by atoms with van der Waals surface area (Å²) < 4.78 is 12.7. The van der Waals surface area contributed by atoms with Gasteiger partial charge >= 0.3 is 0 Å². The summed E-state index contributed by atoms with van der Waals surface area (Å²) in [5.41, 5.74) is 1.96. The minimum absolute atomic E-state index is 0.225. The van der Waals surface area contributed by atoms with E-state index in [1.165, 1.54) is 12.1 Å². The number of halogens is 1. The normalized spacial score (nSPS) is 11.6. The number of hydrogen-bond donors (Lipinski definition) is 0. The molecule has 0 aliphatic heterocycles. The Morgan fingerprint density at radius 3 is 2.39 bits per heavy atom. The highest BCUT2D eigenvalue weighted by Crippen LogP contribution is 2.13. The molecule has 18 heavy (non-hydrogen) atoms. The van der Waals surface area contributed by atoms with Gasteiger partial charge in [0.1, 0.15) is 5.82 Å².